The molecule has 148 valence electrons. The highest BCUT2D eigenvalue weighted by atomic mass is 32.2. The van der Waals surface area contributed by atoms with Gasteiger partial charge in [0.1, 0.15) is 0 Å². The predicted molar refractivity (Wildman–Crippen MR) is 117 cm³/mol. The number of carbonyl (C=O) groups is 2. The van der Waals surface area contributed by atoms with E-state index < -0.39 is 0 Å². The summed E-state index contributed by atoms with van der Waals surface area (Å²) in [6.45, 7) is 2.69. The van der Waals surface area contributed by atoms with Gasteiger partial charge in [-0.15, -0.1) is 10.2 Å². The van der Waals surface area contributed by atoms with Crippen molar-refractivity contribution in [3.05, 3.63) is 59.7 Å². The standard InChI is InChI=1S/C20H19N5O2S2/c1-13-6-8-15(9-7-13)21-18(27)22-19-23-24-20(29-19)28-12-17(26)25-11-10-14-4-2-3-5-16(14)25/h2-9H,10-12H2,1H3,(H2,21,22,23,27). The van der Waals surface area contributed by atoms with Crippen LogP contribution in [-0.2, 0) is 11.2 Å². The predicted octanol–water partition coefficient (Wildman–Crippen LogP) is 4.17. The monoisotopic (exact) mass is 425 g/mol. The molecule has 0 saturated heterocycles. The first-order chi connectivity index (χ1) is 14.1. The third-order valence-electron chi connectivity index (χ3n) is 4.44. The summed E-state index contributed by atoms with van der Waals surface area (Å²) in [5.41, 5.74) is 4.01. The lowest BCUT2D eigenvalue weighted by Crippen LogP contribution is -2.30. The minimum Gasteiger partial charge on any atom is -0.311 e. The third kappa shape index (κ3) is 4.75. The molecule has 1 aromatic heterocycles. The van der Waals surface area contributed by atoms with Gasteiger partial charge in [-0.25, -0.2) is 4.79 Å². The molecule has 4 rings (SSSR count). The summed E-state index contributed by atoms with van der Waals surface area (Å²) in [5.74, 6) is 0.320. The fourth-order valence-electron chi connectivity index (χ4n) is 3.01. The number of fused-ring (bicyclic) bond motifs is 1. The van der Waals surface area contributed by atoms with Gasteiger partial charge in [-0.05, 0) is 37.1 Å². The smallest absolute Gasteiger partial charge is 0.311 e. The van der Waals surface area contributed by atoms with Crippen molar-refractivity contribution in [2.45, 2.75) is 17.7 Å². The maximum atomic E-state index is 12.6. The number of anilines is 3. The van der Waals surface area contributed by atoms with Crippen molar-refractivity contribution in [2.24, 2.45) is 0 Å². The molecule has 0 radical (unpaired) electrons. The second kappa shape index (κ2) is 8.62. The van der Waals surface area contributed by atoms with E-state index in [1.165, 1.54) is 28.7 Å². The van der Waals surface area contributed by atoms with Crippen molar-refractivity contribution in [3.63, 3.8) is 0 Å². The first-order valence-electron chi connectivity index (χ1n) is 9.08. The van der Waals surface area contributed by atoms with Crippen LogP contribution in [0.2, 0.25) is 0 Å². The number of amides is 3. The highest BCUT2D eigenvalue weighted by molar-refractivity contribution is 8.01. The van der Waals surface area contributed by atoms with E-state index in [4.69, 9.17) is 0 Å². The molecule has 0 spiro atoms. The van der Waals surface area contributed by atoms with Crippen LogP contribution in [0, 0.1) is 6.92 Å². The number of nitrogens with one attached hydrogen (secondary N) is 2. The molecule has 7 nitrogen and oxygen atoms in total. The lowest BCUT2D eigenvalue weighted by molar-refractivity contribution is -0.116. The first-order valence-corrected chi connectivity index (χ1v) is 10.9. The van der Waals surface area contributed by atoms with Crippen LogP contribution >= 0.6 is 23.1 Å². The molecule has 2 heterocycles. The number of benzene rings is 2. The summed E-state index contributed by atoms with van der Waals surface area (Å²) in [7, 11) is 0. The number of aromatic nitrogens is 2. The van der Waals surface area contributed by atoms with Gasteiger partial charge in [-0.1, -0.05) is 59.0 Å². The van der Waals surface area contributed by atoms with Gasteiger partial charge in [0.25, 0.3) is 0 Å². The number of rotatable bonds is 5. The van der Waals surface area contributed by atoms with Crippen LogP contribution in [0.1, 0.15) is 11.1 Å². The van der Waals surface area contributed by atoms with E-state index in [9.17, 15) is 9.59 Å². The largest absolute Gasteiger partial charge is 0.325 e. The number of nitrogens with zero attached hydrogens (tertiary/aromatic N) is 3. The molecule has 0 unspecified atom stereocenters. The Balaban J connectivity index is 1.29. The molecule has 2 N–H and O–H groups in total. The Labute approximate surface area is 176 Å². The molecule has 9 heteroatoms. The number of urea groups is 1. The van der Waals surface area contributed by atoms with E-state index in [2.05, 4.69) is 26.9 Å². The molecule has 0 saturated carbocycles. The number of hydrogen-bond acceptors (Lipinski definition) is 6. The zero-order valence-electron chi connectivity index (χ0n) is 15.7. The molecule has 3 aromatic rings. The molecular weight excluding hydrogens is 406 g/mol. The normalized spacial score (nSPS) is 12.5. The topological polar surface area (TPSA) is 87.2 Å². The van der Waals surface area contributed by atoms with Crippen molar-refractivity contribution < 1.29 is 9.59 Å². The van der Waals surface area contributed by atoms with Gasteiger partial charge < -0.3 is 10.2 Å². The van der Waals surface area contributed by atoms with Gasteiger partial charge in [-0.2, -0.15) is 0 Å². The number of carbonyl (C=O) groups excluding carboxylic acids is 2. The Kier molecular flexibility index (Phi) is 5.77. The van der Waals surface area contributed by atoms with Crippen molar-refractivity contribution in [3.8, 4) is 0 Å². The van der Waals surface area contributed by atoms with E-state index in [0.29, 0.717) is 21.7 Å². The summed E-state index contributed by atoms with van der Waals surface area (Å²) in [5, 5.41) is 13.8. The van der Waals surface area contributed by atoms with Crippen LogP contribution in [0.15, 0.2) is 52.9 Å². The zero-order chi connectivity index (χ0) is 20.2. The summed E-state index contributed by atoms with van der Waals surface area (Å²) >= 11 is 2.57. The van der Waals surface area contributed by atoms with Crippen LogP contribution in [0.5, 0.6) is 0 Å². The Morgan fingerprint density at radius 2 is 1.90 bits per heavy atom. The van der Waals surface area contributed by atoms with Gasteiger partial charge in [-0.3, -0.25) is 10.1 Å². The van der Waals surface area contributed by atoms with Gasteiger partial charge in [0.15, 0.2) is 4.34 Å². The summed E-state index contributed by atoms with van der Waals surface area (Å²) in [6.07, 6.45) is 0.884. The molecule has 1 aliphatic heterocycles. The lowest BCUT2D eigenvalue weighted by Gasteiger charge is -2.16. The number of aryl methyl sites for hydroxylation is 1. The second-order valence-electron chi connectivity index (χ2n) is 6.53. The summed E-state index contributed by atoms with van der Waals surface area (Å²) in [4.78, 5) is 26.5. The SMILES string of the molecule is Cc1ccc(NC(=O)Nc2nnc(SCC(=O)N3CCc4ccccc43)s2)cc1. The molecule has 1 aliphatic rings. The number of para-hydroxylation sites is 1. The Morgan fingerprint density at radius 3 is 2.72 bits per heavy atom. The lowest BCUT2D eigenvalue weighted by atomic mass is 10.2. The van der Waals surface area contributed by atoms with Crippen LogP contribution in [0.25, 0.3) is 0 Å². The molecule has 0 bridgehead atoms. The van der Waals surface area contributed by atoms with E-state index in [1.807, 2.05) is 54.3 Å². The van der Waals surface area contributed by atoms with Gasteiger partial charge in [0.05, 0.1) is 5.75 Å². The molecule has 0 atom stereocenters. The van der Waals surface area contributed by atoms with Crippen LogP contribution in [-0.4, -0.2) is 34.4 Å². The first kappa shape index (κ1) is 19.4. The summed E-state index contributed by atoms with van der Waals surface area (Å²) in [6, 6.07) is 15.1. The van der Waals surface area contributed by atoms with Crippen molar-refractivity contribution in [1.29, 1.82) is 0 Å². The number of hydrogen-bond donors (Lipinski definition) is 2. The molecule has 29 heavy (non-hydrogen) atoms. The zero-order valence-corrected chi connectivity index (χ0v) is 17.3. The fraction of sp³-hybridized carbons (Fsp3) is 0.200. The van der Waals surface area contributed by atoms with Gasteiger partial charge >= 0.3 is 6.03 Å². The van der Waals surface area contributed by atoms with Crippen LogP contribution < -0.4 is 15.5 Å². The molecule has 2 aromatic carbocycles. The maximum Gasteiger partial charge on any atom is 0.325 e. The Hall–Kier alpha value is -2.91. The van der Waals surface area contributed by atoms with E-state index in [-0.39, 0.29) is 17.7 Å². The summed E-state index contributed by atoms with van der Waals surface area (Å²) < 4.78 is 0.636. The van der Waals surface area contributed by atoms with Gasteiger partial charge in [0, 0.05) is 17.9 Å². The van der Waals surface area contributed by atoms with Crippen molar-refractivity contribution >= 4 is 51.5 Å². The van der Waals surface area contributed by atoms with Crippen LogP contribution in [0.3, 0.4) is 0 Å². The van der Waals surface area contributed by atoms with Crippen molar-refractivity contribution in [1.82, 2.24) is 10.2 Å². The van der Waals surface area contributed by atoms with Gasteiger partial charge in [0.2, 0.25) is 11.0 Å². The van der Waals surface area contributed by atoms with E-state index in [0.717, 1.165) is 17.7 Å². The van der Waals surface area contributed by atoms with E-state index in [1.54, 1.807) is 0 Å². The Bertz CT molecular complexity index is 1040. The minimum absolute atomic E-state index is 0.0433. The average molecular weight is 426 g/mol. The average Bonchev–Trinajstić information content (AvgIpc) is 3.35. The van der Waals surface area contributed by atoms with Crippen molar-refractivity contribution in [2.75, 3.05) is 27.8 Å². The molecule has 0 aliphatic carbocycles. The molecular formula is C20H19N5O2S2. The number of thioether (sulfide) groups is 1. The fourth-order valence-corrected chi connectivity index (χ4v) is 4.64. The molecule has 0 fully saturated rings. The highest BCUT2D eigenvalue weighted by Crippen LogP contribution is 2.30. The maximum absolute atomic E-state index is 12.6. The Morgan fingerprint density at radius 1 is 1.10 bits per heavy atom. The third-order valence-corrected chi connectivity index (χ3v) is 6.40. The highest BCUT2D eigenvalue weighted by Gasteiger charge is 2.24. The minimum atomic E-state index is -0.383. The molecule has 3 amide bonds. The van der Waals surface area contributed by atoms with E-state index >= 15 is 0 Å². The quantitative estimate of drug-likeness (QED) is 0.473. The second-order valence-corrected chi connectivity index (χ2v) is 8.73. The van der Waals surface area contributed by atoms with Crippen LogP contribution in [0.4, 0.5) is 21.3 Å².